The predicted octanol–water partition coefficient (Wildman–Crippen LogP) is 8.09. The number of aliphatic hydroxyl groups is 1. The van der Waals surface area contributed by atoms with Gasteiger partial charge in [0.1, 0.15) is 46.0 Å². The van der Waals surface area contributed by atoms with Gasteiger partial charge in [0.15, 0.2) is 5.82 Å². The topological polar surface area (TPSA) is 153 Å². The first-order valence-electron chi connectivity index (χ1n) is 18.9. The van der Waals surface area contributed by atoms with E-state index in [0.29, 0.717) is 25.3 Å². The zero-order valence-corrected chi connectivity index (χ0v) is 34.5. The van der Waals surface area contributed by atoms with Gasteiger partial charge >= 0.3 is 18.2 Å². The zero-order valence-electron chi connectivity index (χ0n) is 33.0. The summed E-state index contributed by atoms with van der Waals surface area (Å²) < 4.78 is 50.2. The number of carbonyl (C=O) groups excluding carboxylic acids is 2. The summed E-state index contributed by atoms with van der Waals surface area (Å²) >= 11 is 7.80. The number of fused-ring (bicyclic) bond motifs is 4. The zero-order chi connectivity index (χ0) is 41.2. The minimum absolute atomic E-state index is 0.00592. The molecule has 2 unspecified atom stereocenters. The largest absolute Gasteiger partial charge is 0.461 e. The van der Waals surface area contributed by atoms with Crippen LogP contribution in [0.4, 0.5) is 29.2 Å². The van der Waals surface area contributed by atoms with Gasteiger partial charge in [0, 0.05) is 29.4 Å². The summed E-state index contributed by atoms with van der Waals surface area (Å²) in [5.74, 6) is -1.19. The normalized spacial score (nSPS) is 21.3. The SMILES string of the molecule is CN1CCC[C@@]1(CO)COc1nc(N2CC3CCC(C2)N3C(=O)OC(C)(C)C)c2cc(Cl)c(-c3ccc(F)c4sc(NC(=O)OC(C)(C)C)c(C#N)c34)c(F)c2n1. The minimum atomic E-state index is -0.860. The van der Waals surface area contributed by atoms with Gasteiger partial charge in [0.25, 0.3) is 0 Å². The number of aliphatic hydroxyl groups excluding tert-OH is 1. The van der Waals surface area contributed by atoms with Gasteiger partial charge in [-0.3, -0.25) is 15.1 Å². The molecule has 5 heterocycles. The van der Waals surface area contributed by atoms with Gasteiger partial charge in [-0.05, 0) is 98.5 Å². The highest BCUT2D eigenvalue weighted by Crippen LogP contribution is 2.47. The van der Waals surface area contributed by atoms with Gasteiger partial charge in [-0.2, -0.15) is 15.2 Å². The third kappa shape index (κ3) is 7.74. The fourth-order valence-corrected chi connectivity index (χ4v) is 9.43. The lowest BCUT2D eigenvalue weighted by Crippen LogP contribution is -2.57. The van der Waals surface area contributed by atoms with Crippen LogP contribution in [0.3, 0.4) is 0 Å². The highest BCUT2D eigenvalue weighted by Gasteiger charge is 2.45. The summed E-state index contributed by atoms with van der Waals surface area (Å²) in [5, 5.41) is 23.6. The number of anilines is 2. The Labute approximate surface area is 338 Å². The average molecular weight is 826 g/mol. The number of nitriles is 1. The van der Waals surface area contributed by atoms with Crippen LogP contribution in [0.5, 0.6) is 6.01 Å². The Kier molecular flexibility index (Phi) is 10.7. The van der Waals surface area contributed by atoms with Crippen molar-refractivity contribution < 1.29 is 37.7 Å². The number of likely N-dealkylation sites (N-methyl/N-ethyl adjacent to an activating group) is 1. The van der Waals surface area contributed by atoms with Gasteiger partial charge in [-0.15, -0.1) is 11.3 Å². The van der Waals surface area contributed by atoms with Crippen LogP contribution in [0, 0.1) is 23.0 Å². The maximum atomic E-state index is 17.4. The number of hydrogen-bond acceptors (Lipinski definition) is 12. The number of nitrogens with zero attached hydrogens (tertiary/aromatic N) is 6. The van der Waals surface area contributed by atoms with Crippen molar-refractivity contribution in [2.45, 2.75) is 96.1 Å². The van der Waals surface area contributed by atoms with Crippen LogP contribution in [0.1, 0.15) is 72.8 Å². The molecule has 2 aromatic carbocycles. The molecule has 0 saturated carbocycles. The molecule has 304 valence electrons. The smallest absolute Gasteiger partial charge is 0.412 e. The molecule has 0 radical (unpaired) electrons. The van der Waals surface area contributed by atoms with Crippen molar-refractivity contribution in [2.75, 3.05) is 50.1 Å². The van der Waals surface area contributed by atoms with Crippen molar-refractivity contribution in [1.82, 2.24) is 19.8 Å². The lowest BCUT2D eigenvalue weighted by molar-refractivity contribution is 0.0122. The van der Waals surface area contributed by atoms with Gasteiger partial charge in [-0.25, -0.2) is 18.4 Å². The second-order valence-electron chi connectivity index (χ2n) is 17.0. The van der Waals surface area contributed by atoms with Crippen LogP contribution in [0.2, 0.25) is 5.02 Å². The number of halogens is 3. The molecule has 57 heavy (non-hydrogen) atoms. The van der Waals surface area contributed by atoms with Crippen LogP contribution in [-0.4, -0.2) is 106 Å². The van der Waals surface area contributed by atoms with E-state index in [0.717, 1.165) is 43.2 Å². The van der Waals surface area contributed by atoms with E-state index in [1.165, 1.54) is 6.07 Å². The summed E-state index contributed by atoms with van der Waals surface area (Å²) in [6, 6.07) is 5.57. The molecule has 2 amide bonds. The lowest BCUT2D eigenvalue weighted by Gasteiger charge is -2.42. The van der Waals surface area contributed by atoms with E-state index in [1.54, 1.807) is 31.7 Å². The van der Waals surface area contributed by atoms with E-state index in [2.05, 4.69) is 10.3 Å². The van der Waals surface area contributed by atoms with Gasteiger partial charge < -0.3 is 24.2 Å². The summed E-state index contributed by atoms with van der Waals surface area (Å²) in [7, 11) is 1.91. The Bertz CT molecular complexity index is 2290. The van der Waals surface area contributed by atoms with Crippen LogP contribution in [0.15, 0.2) is 18.2 Å². The molecular weight excluding hydrogens is 780 g/mol. The molecule has 0 aliphatic carbocycles. The van der Waals surface area contributed by atoms with Gasteiger partial charge in [-0.1, -0.05) is 17.7 Å². The van der Waals surface area contributed by atoms with Crippen LogP contribution >= 0.6 is 22.9 Å². The average Bonchev–Trinajstić information content (AvgIpc) is 3.77. The van der Waals surface area contributed by atoms with Gasteiger partial charge in [0.05, 0.1) is 39.5 Å². The molecule has 3 atom stereocenters. The molecule has 2 N–H and O–H groups in total. The molecule has 4 aromatic rings. The van der Waals surface area contributed by atoms with Crippen LogP contribution < -0.4 is 15.0 Å². The molecule has 17 heteroatoms. The number of benzene rings is 2. The van der Waals surface area contributed by atoms with E-state index in [9.17, 15) is 20.0 Å². The van der Waals surface area contributed by atoms with E-state index >= 15 is 8.78 Å². The maximum absolute atomic E-state index is 17.4. The summed E-state index contributed by atoms with van der Waals surface area (Å²) in [5.41, 5.74) is -2.44. The number of ether oxygens (including phenoxy) is 3. The Morgan fingerprint density at radius 3 is 2.39 bits per heavy atom. The van der Waals surface area contributed by atoms with Crippen LogP contribution in [0.25, 0.3) is 32.1 Å². The standard InChI is InChI=1S/C40H46ClF2N7O6S/c1-38(2,3)55-36(52)47-34-25(16-44)28-23(11-12-27(42)32(28)57-34)29-26(41)15-24-31(30(29)43)45-35(54-20-40(19-51)13-8-14-48(40)7)46-33(24)49-17-21-9-10-22(18-49)50(21)37(53)56-39(4,5)6/h11-12,15,21-22,51H,8-10,13-14,17-20H2,1-7H3,(H,47,52)/t21?,22?,40-/m1/s1. The Hall–Kier alpha value is -4.56. The molecule has 2 bridgehead atoms. The molecule has 3 aliphatic rings. The van der Waals surface area contributed by atoms with Crippen molar-refractivity contribution in [3.8, 4) is 23.2 Å². The highest BCUT2D eigenvalue weighted by atomic mass is 35.5. The summed E-state index contributed by atoms with van der Waals surface area (Å²) in [6.45, 7) is 11.9. The molecular formula is C40H46ClF2N7O6S. The number of nitrogens with one attached hydrogen (secondary N) is 1. The first kappa shape index (κ1) is 40.6. The third-order valence-corrected chi connectivity index (χ3v) is 12.1. The van der Waals surface area contributed by atoms with E-state index in [-0.39, 0.29) is 85.1 Å². The number of hydrogen-bond donors (Lipinski definition) is 2. The van der Waals surface area contributed by atoms with E-state index in [4.69, 9.17) is 30.8 Å². The molecule has 3 aliphatic heterocycles. The summed E-state index contributed by atoms with van der Waals surface area (Å²) in [6.07, 6.45) is 1.79. The molecule has 3 fully saturated rings. The number of likely N-dealkylation sites (tertiary alicyclic amines) is 1. The predicted molar refractivity (Wildman–Crippen MR) is 214 cm³/mol. The van der Waals surface area contributed by atoms with Crippen molar-refractivity contribution in [2.24, 2.45) is 0 Å². The summed E-state index contributed by atoms with van der Waals surface area (Å²) in [4.78, 5) is 41.2. The molecule has 13 nitrogen and oxygen atoms in total. The quantitative estimate of drug-likeness (QED) is 0.186. The van der Waals surface area contributed by atoms with Crippen molar-refractivity contribution >= 4 is 66.9 Å². The van der Waals surface area contributed by atoms with Gasteiger partial charge in [0.2, 0.25) is 0 Å². The second kappa shape index (κ2) is 15.0. The van der Waals surface area contributed by atoms with Crippen molar-refractivity contribution in [3.05, 3.63) is 40.4 Å². The molecule has 2 aromatic heterocycles. The first-order chi connectivity index (χ1) is 26.8. The fraction of sp³-hybridized carbons (Fsp3) is 0.525. The number of aromatic nitrogens is 2. The Balaban J connectivity index is 1.35. The lowest BCUT2D eigenvalue weighted by atomic mass is 9.97. The molecule has 7 rings (SSSR count). The third-order valence-electron chi connectivity index (χ3n) is 10.7. The number of amides is 2. The second-order valence-corrected chi connectivity index (χ2v) is 18.4. The van der Waals surface area contributed by atoms with Crippen LogP contribution in [-0.2, 0) is 9.47 Å². The Morgan fingerprint density at radius 2 is 1.79 bits per heavy atom. The number of carbonyl (C=O) groups is 2. The number of rotatable bonds is 7. The monoisotopic (exact) mass is 825 g/mol. The number of piperazine rings is 1. The number of thiophene rings is 1. The van der Waals surface area contributed by atoms with Crippen molar-refractivity contribution in [1.29, 1.82) is 5.26 Å². The molecule has 3 saturated heterocycles. The van der Waals surface area contributed by atoms with E-state index in [1.807, 2.05) is 43.7 Å². The fourth-order valence-electron chi connectivity index (χ4n) is 8.07. The molecule has 0 spiro atoms. The Morgan fingerprint density at radius 1 is 1.11 bits per heavy atom. The van der Waals surface area contributed by atoms with E-state index < -0.39 is 34.5 Å². The van der Waals surface area contributed by atoms with Crippen molar-refractivity contribution in [3.63, 3.8) is 0 Å². The minimum Gasteiger partial charge on any atom is -0.461 e. The first-order valence-corrected chi connectivity index (χ1v) is 20.1. The highest BCUT2D eigenvalue weighted by molar-refractivity contribution is 7.23. The maximum Gasteiger partial charge on any atom is 0.412 e.